The van der Waals surface area contributed by atoms with Crippen molar-refractivity contribution in [2.45, 2.75) is 26.1 Å². The smallest absolute Gasteiger partial charge is 0.269 e. The van der Waals surface area contributed by atoms with Crippen LogP contribution in [0.2, 0.25) is 5.02 Å². The largest absolute Gasteiger partial charge is 0.461 e. The van der Waals surface area contributed by atoms with Crippen molar-refractivity contribution in [2.24, 2.45) is 0 Å². The van der Waals surface area contributed by atoms with Crippen molar-refractivity contribution in [3.8, 4) is 11.7 Å². The van der Waals surface area contributed by atoms with E-state index in [1.165, 1.54) is 28.3 Å². The van der Waals surface area contributed by atoms with Crippen molar-refractivity contribution < 1.29 is 19.1 Å². The number of anilines is 1. The molecule has 2 amide bonds. The number of nitrogens with one attached hydrogen (secondary N) is 1. The first-order valence-electron chi connectivity index (χ1n) is 11.3. The molecule has 4 heterocycles. The van der Waals surface area contributed by atoms with Crippen LogP contribution in [-0.4, -0.2) is 79.3 Å². The molecule has 192 valence electrons. The Morgan fingerprint density at radius 2 is 1.92 bits per heavy atom. The number of hydrogen-bond acceptors (Lipinski definition) is 9. The number of rotatable bonds is 9. The van der Waals surface area contributed by atoms with E-state index in [1.807, 2.05) is 13.8 Å². The number of fused-ring (bicyclic) bond motifs is 1. The number of halogens is 1. The van der Waals surface area contributed by atoms with Gasteiger partial charge in [0.25, 0.3) is 11.8 Å². The molecule has 4 rings (SSSR count). The van der Waals surface area contributed by atoms with Crippen LogP contribution in [0.25, 0.3) is 16.9 Å². The summed E-state index contributed by atoms with van der Waals surface area (Å²) in [5.41, 5.74) is 0.796. The molecule has 1 N–H and O–H groups in total. The van der Waals surface area contributed by atoms with Crippen LogP contribution in [0, 0.1) is 0 Å². The van der Waals surface area contributed by atoms with Crippen LogP contribution in [0.5, 0.6) is 5.88 Å². The first-order valence-corrected chi connectivity index (χ1v) is 11.7. The van der Waals surface area contributed by atoms with Gasteiger partial charge in [0.15, 0.2) is 11.5 Å². The van der Waals surface area contributed by atoms with Crippen molar-refractivity contribution in [3.05, 3.63) is 59.8 Å². The molecule has 0 unspecified atom stereocenters. The Labute approximate surface area is 217 Å². The lowest BCUT2D eigenvalue weighted by Crippen LogP contribution is -2.38. The first-order chi connectivity index (χ1) is 17.7. The number of pyridine rings is 2. The average molecular weight is 525 g/mol. The van der Waals surface area contributed by atoms with Gasteiger partial charge in [0.1, 0.15) is 17.5 Å². The Balaban J connectivity index is 1.58. The lowest BCUT2D eigenvalue weighted by Gasteiger charge is -2.19. The lowest BCUT2D eigenvalue weighted by molar-refractivity contribution is -0.126. The average Bonchev–Trinajstić information content (AvgIpc) is 3.31. The molecule has 0 bridgehead atoms. The second-order valence-electron chi connectivity index (χ2n) is 8.39. The molecule has 1 atom stereocenters. The fourth-order valence-corrected chi connectivity index (χ4v) is 3.44. The summed E-state index contributed by atoms with van der Waals surface area (Å²) >= 11 is 6.28. The third-order valence-corrected chi connectivity index (χ3v) is 5.36. The number of hydrogen-bond donors (Lipinski definition) is 1. The Hall–Kier alpha value is -4.16. The quantitative estimate of drug-likeness (QED) is 0.350. The SMILES string of the molecule is CC(C)OC[C@H](Oc1ncnc2c1cnn2-c1ncccc1Cl)C(=O)Nc1ccc(C(=O)N(C)C)cn1. The molecule has 12 nitrogen and oxygen atoms in total. The summed E-state index contributed by atoms with van der Waals surface area (Å²) in [5, 5.41) is 7.87. The molecule has 37 heavy (non-hydrogen) atoms. The van der Waals surface area contributed by atoms with Gasteiger partial charge in [0.2, 0.25) is 12.0 Å². The first kappa shape index (κ1) is 25.9. The maximum Gasteiger partial charge on any atom is 0.269 e. The Kier molecular flexibility index (Phi) is 7.89. The van der Waals surface area contributed by atoms with Crippen molar-refractivity contribution in [1.29, 1.82) is 0 Å². The van der Waals surface area contributed by atoms with Gasteiger partial charge in [-0.3, -0.25) is 9.59 Å². The standard InChI is InChI=1S/C24H25ClN8O4/c1-14(2)36-12-18(22(34)31-19-8-7-15(10-27-19)24(35)32(3)4)37-23-16-11-30-33(20(16)28-13-29-23)21-17(25)6-5-9-26-21/h5-11,13-14,18H,12H2,1-4H3,(H,27,31,34)/t18-/m0/s1. The highest BCUT2D eigenvalue weighted by atomic mass is 35.5. The van der Waals surface area contributed by atoms with Crippen LogP contribution < -0.4 is 10.1 Å². The highest BCUT2D eigenvalue weighted by Gasteiger charge is 2.25. The fraction of sp³-hybridized carbons (Fsp3) is 0.292. The molecular formula is C24H25ClN8O4. The van der Waals surface area contributed by atoms with Crippen LogP contribution in [0.15, 0.2) is 49.2 Å². The summed E-state index contributed by atoms with van der Waals surface area (Å²) in [6.45, 7) is 3.65. The van der Waals surface area contributed by atoms with E-state index in [2.05, 4.69) is 30.4 Å². The second-order valence-corrected chi connectivity index (χ2v) is 8.80. The van der Waals surface area contributed by atoms with E-state index >= 15 is 0 Å². The number of nitrogens with zero attached hydrogens (tertiary/aromatic N) is 7. The predicted molar refractivity (Wildman–Crippen MR) is 136 cm³/mol. The van der Waals surface area contributed by atoms with E-state index in [9.17, 15) is 9.59 Å². The molecule has 0 spiro atoms. The molecule has 13 heteroatoms. The van der Waals surface area contributed by atoms with Gasteiger partial charge in [-0.2, -0.15) is 9.78 Å². The van der Waals surface area contributed by atoms with Gasteiger partial charge in [-0.25, -0.2) is 19.9 Å². The number of carbonyl (C=O) groups is 2. The molecule has 4 aromatic heterocycles. The lowest BCUT2D eigenvalue weighted by atomic mass is 10.2. The third kappa shape index (κ3) is 5.98. The number of ether oxygens (including phenoxy) is 2. The highest BCUT2D eigenvalue weighted by Crippen LogP contribution is 2.26. The van der Waals surface area contributed by atoms with Crippen LogP contribution in [0.3, 0.4) is 0 Å². The van der Waals surface area contributed by atoms with Crippen LogP contribution in [-0.2, 0) is 9.53 Å². The number of aromatic nitrogens is 6. The van der Waals surface area contributed by atoms with E-state index in [0.29, 0.717) is 27.4 Å². The molecule has 4 aromatic rings. The van der Waals surface area contributed by atoms with Gasteiger partial charge in [-0.05, 0) is 38.1 Å². The Morgan fingerprint density at radius 1 is 1.11 bits per heavy atom. The molecule has 0 saturated carbocycles. The van der Waals surface area contributed by atoms with Gasteiger partial charge in [0.05, 0.1) is 29.5 Å². The van der Waals surface area contributed by atoms with Crippen LogP contribution in [0.4, 0.5) is 5.82 Å². The summed E-state index contributed by atoms with van der Waals surface area (Å²) in [5.74, 6) is 0.0760. The molecular weight excluding hydrogens is 500 g/mol. The van der Waals surface area contributed by atoms with Crippen LogP contribution in [0.1, 0.15) is 24.2 Å². The van der Waals surface area contributed by atoms with Gasteiger partial charge in [0, 0.05) is 26.5 Å². The minimum Gasteiger partial charge on any atom is -0.461 e. The zero-order chi connectivity index (χ0) is 26.5. The molecule has 0 saturated heterocycles. The van der Waals surface area contributed by atoms with Crippen molar-refractivity contribution in [1.82, 2.24) is 34.6 Å². The van der Waals surface area contributed by atoms with Crippen molar-refractivity contribution in [2.75, 3.05) is 26.0 Å². The topological polar surface area (TPSA) is 137 Å². The van der Waals surface area contributed by atoms with E-state index in [4.69, 9.17) is 21.1 Å². The van der Waals surface area contributed by atoms with E-state index < -0.39 is 12.0 Å². The zero-order valence-electron chi connectivity index (χ0n) is 20.6. The van der Waals surface area contributed by atoms with E-state index in [-0.39, 0.29) is 30.3 Å². The van der Waals surface area contributed by atoms with Crippen molar-refractivity contribution >= 4 is 40.3 Å². The monoisotopic (exact) mass is 524 g/mol. The number of amides is 2. The third-order valence-electron chi connectivity index (χ3n) is 5.06. The molecule has 0 aliphatic rings. The summed E-state index contributed by atoms with van der Waals surface area (Å²) in [4.78, 5) is 43.6. The van der Waals surface area contributed by atoms with Gasteiger partial charge in [-0.1, -0.05) is 11.6 Å². The summed E-state index contributed by atoms with van der Waals surface area (Å²) in [6.07, 6.45) is 4.57. The van der Waals surface area contributed by atoms with E-state index in [0.717, 1.165) is 0 Å². The zero-order valence-corrected chi connectivity index (χ0v) is 21.4. The predicted octanol–water partition coefficient (Wildman–Crippen LogP) is 2.77. The van der Waals surface area contributed by atoms with Crippen LogP contribution >= 0.6 is 11.6 Å². The number of carbonyl (C=O) groups excluding carboxylic acids is 2. The minimum absolute atomic E-state index is 0.0492. The molecule has 0 aliphatic carbocycles. The molecule has 0 aliphatic heterocycles. The van der Waals surface area contributed by atoms with Gasteiger partial charge < -0.3 is 19.7 Å². The summed E-state index contributed by atoms with van der Waals surface area (Å²) in [7, 11) is 3.29. The molecule has 0 aromatic carbocycles. The Bertz CT molecular complexity index is 1410. The van der Waals surface area contributed by atoms with Gasteiger partial charge >= 0.3 is 0 Å². The summed E-state index contributed by atoms with van der Waals surface area (Å²) in [6, 6.07) is 6.52. The molecule has 0 fully saturated rings. The second kappa shape index (κ2) is 11.3. The highest BCUT2D eigenvalue weighted by molar-refractivity contribution is 6.32. The fourth-order valence-electron chi connectivity index (χ4n) is 3.24. The normalized spacial score (nSPS) is 11.9. The maximum atomic E-state index is 13.1. The van der Waals surface area contributed by atoms with Gasteiger partial charge in [-0.15, -0.1) is 0 Å². The summed E-state index contributed by atoms with van der Waals surface area (Å²) < 4.78 is 13.1. The Morgan fingerprint density at radius 3 is 2.59 bits per heavy atom. The van der Waals surface area contributed by atoms with E-state index in [1.54, 1.807) is 44.6 Å². The maximum absolute atomic E-state index is 13.1. The minimum atomic E-state index is -1.08. The molecule has 0 radical (unpaired) electrons. The van der Waals surface area contributed by atoms with Crippen molar-refractivity contribution in [3.63, 3.8) is 0 Å².